The zero-order valence-electron chi connectivity index (χ0n) is 12.8. The van der Waals surface area contributed by atoms with Gasteiger partial charge in [0.05, 0.1) is 5.69 Å². The zero-order valence-corrected chi connectivity index (χ0v) is 12.8. The molecule has 1 nitrogen and oxygen atoms in total. The van der Waals surface area contributed by atoms with E-state index in [4.69, 9.17) is 0 Å². The number of aromatic nitrogens is 1. The molecule has 0 saturated heterocycles. The van der Waals surface area contributed by atoms with Crippen LogP contribution >= 0.6 is 0 Å². The third-order valence-electron chi connectivity index (χ3n) is 4.91. The van der Waals surface area contributed by atoms with Gasteiger partial charge in [-0.2, -0.15) is 0 Å². The molecule has 110 valence electrons. The third-order valence-corrected chi connectivity index (χ3v) is 4.91. The van der Waals surface area contributed by atoms with Gasteiger partial charge >= 0.3 is 0 Å². The molecule has 1 fully saturated rings. The number of hydrogen-bond donors (Lipinski definition) is 0. The summed E-state index contributed by atoms with van der Waals surface area (Å²) in [5.74, 6) is 0.756. The van der Waals surface area contributed by atoms with Gasteiger partial charge in [-0.05, 0) is 35.8 Å². The van der Waals surface area contributed by atoms with Crippen LogP contribution in [0.3, 0.4) is 0 Å². The Kier molecular flexibility index (Phi) is 3.64. The van der Waals surface area contributed by atoms with Gasteiger partial charge in [0.2, 0.25) is 0 Å². The minimum Gasteiger partial charge on any atom is -0.256 e. The standard InChI is InChI=1S/C21H21N/c1-3-7-16(8-4-1)18-11-12-20-19(15-18)13-14-22-21(20)17-9-5-2-6-10-17/h2,5-6,9-16H,1,3-4,7-8H2. The Labute approximate surface area is 132 Å². The summed E-state index contributed by atoms with van der Waals surface area (Å²) >= 11 is 0. The largest absolute Gasteiger partial charge is 0.256 e. The lowest BCUT2D eigenvalue weighted by Gasteiger charge is -2.22. The maximum atomic E-state index is 4.62. The van der Waals surface area contributed by atoms with Crippen molar-refractivity contribution < 1.29 is 0 Å². The molecular weight excluding hydrogens is 266 g/mol. The van der Waals surface area contributed by atoms with E-state index in [0.717, 1.165) is 11.6 Å². The number of rotatable bonds is 2. The van der Waals surface area contributed by atoms with Gasteiger partial charge in [0, 0.05) is 17.1 Å². The molecule has 1 saturated carbocycles. The van der Waals surface area contributed by atoms with Crippen molar-refractivity contribution in [1.82, 2.24) is 4.98 Å². The maximum absolute atomic E-state index is 4.62. The summed E-state index contributed by atoms with van der Waals surface area (Å²) < 4.78 is 0. The van der Waals surface area contributed by atoms with Gasteiger partial charge in [-0.15, -0.1) is 0 Å². The average molecular weight is 287 g/mol. The Morgan fingerprint density at radius 3 is 2.45 bits per heavy atom. The summed E-state index contributed by atoms with van der Waals surface area (Å²) in [6.07, 6.45) is 8.81. The van der Waals surface area contributed by atoms with Crippen molar-refractivity contribution >= 4 is 10.8 Å². The van der Waals surface area contributed by atoms with Crippen molar-refractivity contribution in [3.05, 3.63) is 66.4 Å². The number of fused-ring (bicyclic) bond motifs is 1. The second-order valence-electron chi connectivity index (χ2n) is 6.34. The Balaban J connectivity index is 1.78. The summed E-state index contributed by atoms with van der Waals surface area (Å²) in [6, 6.07) is 19.6. The highest BCUT2D eigenvalue weighted by Gasteiger charge is 2.16. The molecular formula is C21H21N. The highest BCUT2D eigenvalue weighted by Crippen LogP contribution is 2.35. The molecule has 0 unspecified atom stereocenters. The SMILES string of the molecule is c1ccc(-c2nccc3cc(C4CCCCC4)ccc23)cc1. The molecule has 1 heterocycles. The van der Waals surface area contributed by atoms with Gasteiger partial charge in [-0.25, -0.2) is 0 Å². The predicted molar refractivity (Wildman–Crippen MR) is 93.0 cm³/mol. The Hall–Kier alpha value is -2.15. The van der Waals surface area contributed by atoms with Gasteiger partial charge in [-0.3, -0.25) is 4.98 Å². The van der Waals surface area contributed by atoms with Crippen LogP contribution < -0.4 is 0 Å². The molecule has 22 heavy (non-hydrogen) atoms. The molecule has 0 aliphatic heterocycles. The van der Waals surface area contributed by atoms with E-state index in [0.29, 0.717) is 0 Å². The zero-order chi connectivity index (χ0) is 14.8. The molecule has 1 aromatic heterocycles. The first-order valence-electron chi connectivity index (χ1n) is 8.36. The summed E-state index contributed by atoms with van der Waals surface area (Å²) in [5.41, 5.74) is 3.80. The Morgan fingerprint density at radius 1 is 0.818 bits per heavy atom. The highest BCUT2D eigenvalue weighted by molar-refractivity contribution is 5.94. The van der Waals surface area contributed by atoms with Crippen LogP contribution in [0.4, 0.5) is 0 Å². The van der Waals surface area contributed by atoms with E-state index in [9.17, 15) is 0 Å². The van der Waals surface area contributed by atoms with Crippen molar-refractivity contribution in [3.63, 3.8) is 0 Å². The molecule has 2 aromatic carbocycles. The van der Waals surface area contributed by atoms with Crippen LogP contribution in [0.2, 0.25) is 0 Å². The van der Waals surface area contributed by atoms with E-state index in [-0.39, 0.29) is 0 Å². The average Bonchev–Trinajstić information content (AvgIpc) is 2.62. The lowest BCUT2D eigenvalue weighted by atomic mass is 9.83. The molecule has 0 N–H and O–H groups in total. The molecule has 0 radical (unpaired) electrons. The number of hydrogen-bond acceptors (Lipinski definition) is 1. The number of benzene rings is 2. The minimum absolute atomic E-state index is 0.756. The second kappa shape index (κ2) is 5.92. The first-order valence-corrected chi connectivity index (χ1v) is 8.36. The minimum atomic E-state index is 0.756. The molecule has 3 aromatic rings. The fraction of sp³-hybridized carbons (Fsp3) is 0.286. The van der Waals surface area contributed by atoms with Crippen LogP contribution in [0.15, 0.2) is 60.8 Å². The topological polar surface area (TPSA) is 12.9 Å². The van der Waals surface area contributed by atoms with Crippen LogP contribution in [0.1, 0.15) is 43.6 Å². The van der Waals surface area contributed by atoms with E-state index in [1.165, 1.54) is 54.0 Å². The summed E-state index contributed by atoms with van der Waals surface area (Å²) in [6.45, 7) is 0. The van der Waals surface area contributed by atoms with Gasteiger partial charge in [-0.1, -0.05) is 67.8 Å². The first kappa shape index (κ1) is 13.5. The van der Waals surface area contributed by atoms with E-state index >= 15 is 0 Å². The number of pyridine rings is 1. The Bertz CT molecular complexity index is 770. The normalized spacial score (nSPS) is 16.0. The van der Waals surface area contributed by atoms with E-state index in [1.807, 2.05) is 6.20 Å². The van der Waals surface area contributed by atoms with Crippen molar-refractivity contribution in [2.75, 3.05) is 0 Å². The molecule has 1 aliphatic rings. The molecule has 4 rings (SSSR count). The van der Waals surface area contributed by atoms with Crippen LogP contribution in [0, 0.1) is 0 Å². The molecule has 1 heteroatoms. The summed E-state index contributed by atoms with van der Waals surface area (Å²) in [4.78, 5) is 4.62. The molecule has 0 amide bonds. The van der Waals surface area contributed by atoms with Crippen LogP contribution in [-0.2, 0) is 0 Å². The van der Waals surface area contributed by atoms with Crippen molar-refractivity contribution in [2.45, 2.75) is 38.0 Å². The van der Waals surface area contributed by atoms with Gasteiger partial charge in [0.25, 0.3) is 0 Å². The second-order valence-corrected chi connectivity index (χ2v) is 6.34. The third kappa shape index (κ3) is 2.52. The number of nitrogens with zero attached hydrogens (tertiary/aromatic N) is 1. The van der Waals surface area contributed by atoms with Crippen molar-refractivity contribution in [3.8, 4) is 11.3 Å². The molecule has 1 aliphatic carbocycles. The maximum Gasteiger partial charge on any atom is 0.0780 e. The van der Waals surface area contributed by atoms with E-state index in [2.05, 4.69) is 59.6 Å². The fourth-order valence-corrected chi connectivity index (χ4v) is 3.71. The van der Waals surface area contributed by atoms with Gasteiger partial charge in [0.1, 0.15) is 0 Å². The quantitative estimate of drug-likeness (QED) is 0.567. The fourth-order valence-electron chi connectivity index (χ4n) is 3.71. The lowest BCUT2D eigenvalue weighted by Crippen LogP contribution is -2.04. The Morgan fingerprint density at radius 2 is 1.64 bits per heavy atom. The molecule has 0 bridgehead atoms. The first-order chi connectivity index (χ1) is 10.9. The monoisotopic (exact) mass is 287 g/mol. The summed E-state index contributed by atoms with van der Waals surface area (Å²) in [7, 11) is 0. The van der Waals surface area contributed by atoms with Crippen LogP contribution in [0.25, 0.3) is 22.0 Å². The lowest BCUT2D eigenvalue weighted by molar-refractivity contribution is 0.444. The van der Waals surface area contributed by atoms with Crippen molar-refractivity contribution in [1.29, 1.82) is 0 Å². The smallest absolute Gasteiger partial charge is 0.0780 e. The van der Waals surface area contributed by atoms with Crippen molar-refractivity contribution in [2.24, 2.45) is 0 Å². The summed E-state index contributed by atoms with van der Waals surface area (Å²) in [5, 5.41) is 2.57. The predicted octanol–water partition coefficient (Wildman–Crippen LogP) is 5.95. The molecule has 0 atom stereocenters. The van der Waals surface area contributed by atoms with E-state index < -0.39 is 0 Å². The van der Waals surface area contributed by atoms with Gasteiger partial charge in [0.15, 0.2) is 0 Å². The highest BCUT2D eigenvalue weighted by atomic mass is 14.7. The van der Waals surface area contributed by atoms with Crippen LogP contribution in [0.5, 0.6) is 0 Å². The van der Waals surface area contributed by atoms with Crippen LogP contribution in [-0.4, -0.2) is 4.98 Å². The van der Waals surface area contributed by atoms with E-state index in [1.54, 1.807) is 0 Å². The van der Waals surface area contributed by atoms with Gasteiger partial charge < -0.3 is 0 Å². The molecule has 0 spiro atoms.